The average molecular weight is 1150 g/mol. The summed E-state index contributed by atoms with van der Waals surface area (Å²) in [6.45, 7) is 7.97. The maximum Gasteiger partial charge on any atom is -0.693 e. The number of amides is 1. The van der Waals surface area contributed by atoms with E-state index in [1.165, 1.54) is 26.0 Å². The van der Waals surface area contributed by atoms with Gasteiger partial charge in [0.25, 0.3) is 5.91 Å². The third-order valence-electron chi connectivity index (χ3n) is 13.5. The number of benzene rings is 3. The van der Waals surface area contributed by atoms with Gasteiger partial charge in [0.05, 0.1) is 35.6 Å². The van der Waals surface area contributed by atoms with Crippen LogP contribution in [0.3, 0.4) is 0 Å². The molecule has 0 radical (unpaired) electrons. The molecule has 366 valence electrons. The van der Waals surface area contributed by atoms with E-state index in [0.717, 1.165) is 13.8 Å². The number of ether oxygens (including phenoxy) is 5. The third kappa shape index (κ3) is 10.1. The second-order valence-corrected chi connectivity index (χ2v) is 20.7. The Kier molecular flexibility index (Phi) is 17.9. The summed E-state index contributed by atoms with van der Waals surface area (Å²) in [5.74, 6) is -6.84. The number of nitrogens with one attached hydrogen (secondary N) is 1. The summed E-state index contributed by atoms with van der Waals surface area (Å²) in [7, 11) is 9.75. The van der Waals surface area contributed by atoms with Crippen molar-refractivity contribution in [3.63, 3.8) is 0 Å². The predicted octanol–water partition coefficient (Wildman–Crippen LogP) is 6.55. The van der Waals surface area contributed by atoms with Crippen LogP contribution in [0.5, 0.6) is 0 Å². The number of Topliss-reactive ketones (excluding diaryl/α,β-unsaturated/α-hetero) is 1. The topological polar surface area (TPSA) is 288 Å². The second-order valence-electron chi connectivity index (χ2n) is 17.4. The first-order chi connectivity index (χ1) is 30.7. The van der Waals surface area contributed by atoms with Crippen molar-refractivity contribution in [2.45, 2.75) is 108 Å². The minimum Gasteiger partial charge on any atom is -0.693 e. The minimum absolute atomic E-state index is 0. The number of halogens is 2. The van der Waals surface area contributed by atoms with Crippen molar-refractivity contribution < 1.29 is 84.3 Å². The summed E-state index contributed by atoms with van der Waals surface area (Å²) in [5, 5.41) is 40.2. The third-order valence-corrected chi connectivity index (χ3v) is 13.5. The number of hydrogen-bond donors (Lipinski definition) is 4. The van der Waals surface area contributed by atoms with Crippen molar-refractivity contribution in [1.29, 1.82) is 0 Å². The number of aliphatic hydroxyl groups excluding tert-OH is 2. The summed E-state index contributed by atoms with van der Waals surface area (Å²) in [4.78, 5) is 83.5. The Balaban J connectivity index is 0.00000191. The van der Waals surface area contributed by atoms with Gasteiger partial charge in [-0.3, -0.25) is 19.2 Å². The normalized spacial score (nSPS) is 29.8. The fraction of sp³-hybridized carbons (Fsp3) is 0.447. The van der Waals surface area contributed by atoms with Gasteiger partial charge in [0.2, 0.25) is 0 Å². The van der Waals surface area contributed by atoms with Crippen LogP contribution in [0.2, 0.25) is 0 Å². The second kappa shape index (κ2) is 21.8. The van der Waals surface area contributed by atoms with Crippen LogP contribution in [0.15, 0.2) is 102 Å². The van der Waals surface area contributed by atoms with E-state index in [0.29, 0.717) is 5.56 Å². The van der Waals surface area contributed by atoms with E-state index in [1.807, 2.05) is 0 Å². The van der Waals surface area contributed by atoms with E-state index in [1.54, 1.807) is 92.7 Å². The first-order valence-electron chi connectivity index (χ1n) is 20.7. The zero-order chi connectivity index (χ0) is 47.6. The van der Waals surface area contributed by atoms with Crippen molar-refractivity contribution in [1.82, 2.24) is 5.32 Å². The molecule has 1 aliphatic heterocycles. The molecule has 3 aromatic rings. The number of carbonyl (C=O) groups is 6. The molecule has 0 spiro atoms. The SMILES string of the molecule is CC(=O)O[C@H]1C(=O)[C@@]2(C)[C@H]([C@H](OC(=O)c3ccccc3)[C@]3(O)C[C@H](OC(=O)[C@H](O)[C@@H](NC(=O)c4ccccc4)c4ccccc4)C(C)=C1C3(C)C)[C@]1(OC(C)=O)CO[C@@H]1C[C@@H]2O.[Cl][Pt+2][Cl].[NH2-].[NH2-]. The van der Waals surface area contributed by atoms with E-state index in [2.05, 4.69) is 5.32 Å². The van der Waals surface area contributed by atoms with Crippen molar-refractivity contribution >= 4 is 54.4 Å². The zero-order valence-electron chi connectivity index (χ0n) is 37.5. The van der Waals surface area contributed by atoms with Gasteiger partial charge >= 0.3 is 59.2 Å². The fourth-order valence-electron chi connectivity index (χ4n) is 10.2. The van der Waals surface area contributed by atoms with Crippen molar-refractivity contribution in [2.24, 2.45) is 16.7 Å². The van der Waals surface area contributed by atoms with Crippen LogP contribution in [-0.2, 0) is 59.3 Å². The van der Waals surface area contributed by atoms with E-state index in [-0.39, 0.29) is 47.6 Å². The van der Waals surface area contributed by atoms with E-state index >= 15 is 4.79 Å². The first kappa shape index (κ1) is 55.0. The van der Waals surface area contributed by atoms with Gasteiger partial charge in [-0.05, 0) is 54.8 Å². The number of hydrogen-bond acceptors (Lipinski definition) is 14. The summed E-state index contributed by atoms with van der Waals surface area (Å²) >= 11 is -0.472. The Labute approximate surface area is 404 Å². The number of nitrogens with two attached hydrogens (primary N) is 2. The quantitative estimate of drug-likeness (QED) is 0.0952. The van der Waals surface area contributed by atoms with Crippen LogP contribution in [0, 0.1) is 16.7 Å². The molecular weight excluding hydrogens is 1100 g/mol. The molecule has 0 aromatic heterocycles. The number of esters is 4. The average Bonchev–Trinajstić information content (AvgIpc) is 3.27. The molecule has 1 heterocycles. The molecule has 1 amide bonds. The maximum absolute atomic E-state index is 15.5. The number of aliphatic hydroxyl groups is 3. The monoisotopic (exact) mass is 1150 g/mol. The van der Waals surface area contributed by atoms with Gasteiger partial charge in [-0.15, -0.1) is 0 Å². The molecule has 17 nitrogen and oxygen atoms in total. The Morgan fingerprint density at radius 3 is 1.88 bits per heavy atom. The molecule has 20 heteroatoms. The van der Waals surface area contributed by atoms with Gasteiger partial charge in [-0.2, -0.15) is 0 Å². The Morgan fingerprint density at radius 2 is 1.37 bits per heavy atom. The molecule has 1 saturated heterocycles. The molecule has 3 fully saturated rings. The summed E-state index contributed by atoms with van der Waals surface area (Å²) in [5.41, 5.74) is -7.02. The molecule has 3 aliphatic carbocycles. The number of rotatable bonds is 10. The Bertz CT molecular complexity index is 2330. The largest absolute Gasteiger partial charge is 0.693 e. The van der Waals surface area contributed by atoms with E-state index in [4.69, 9.17) is 42.5 Å². The first-order valence-corrected chi connectivity index (χ1v) is 26.3. The maximum atomic E-state index is 15.5. The van der Waals surface area contributed by atoms with E-state index < -0.39 is 129 Å². The number of fused-ring (bicyclic) bond motifs is 5. The summed E-state index contributed by atoms with van der Waals surface area (Å²) in [6.07, 6.45) is -10.5. The van der Waals surface area contributed by atoms with Gasteiger partial charge in [-0.1, -0.05) is 80.6 Å². The molecule has 0 unspecified atom stereocenters. The zero-order valence-corrected chi connectivity index (χ0v) is 41.2. The van der Waals surface area contributed by atoms with Gasteiger partial charge in [-0.25, -0.2) is 9.59 Å². The van der Waals surface area contributed by atoms with E-state index in [9.17, 15) is 39.3 Å². The molecule has 11 atom stereocenters. The smallest absolute Gasteiger partial charge is 0.693 e. The standard InChI is InChI=1S/C47H51NO14.2ClH.2H2N.Pt/c1-25-31(60-43(56)36(52)35(28-16-10-7-11-17-28)48-41(54)29-18-12-8-13-19-29)23-47(57)40(61-42(55)30-20-14-9-15-21-30)38-45(6,32(51)22-33-46(38,24-58-33)62-27(3)50)39(53)37(59-26(2)49)34(25)44(47,4)5;;;;;/h7-21,31-33,35-38,40,51-52,57H,22-24H2,1-6H3,(H,48,54);2*1H;2*1H2;/q;;;2*-1;+4/p-2/t31-,32-,33+,35-,36+,37+,38-,40-,45+,46-,47+;;;;;/m0...../s1. The van der Waals surface area contributed by atoms with Crippen LogP contribution >= 0.6 is 18.8 Å². The molecule has 8 N–H and O–H groups in total. The van der Waals surface area contributed by atoms with Gasteiger partial charge in [0, 0.05) is 37.7 Å². The number of ketones is 1. The minimum atomic E-state index is -2.39. The summed E-state index contributed by atoms with van der Waals surface area (Å²) < 4.78 is 30.3. The molecular formula is C47H55Cl2N3O14Pt. The Morgan fingerprint density at radius 1 is 0.836 bits per heavy atom. The van der Waals surface area contributed by atoms with Crippen LogP contribution in [-0.4, -0.2) is 105 Å². The molecule has 2 bridgehead atoms. The van der Waals surface area contributed by atoms with Gasteiger partial charge in [0.1, 0.15) is 23.9 Å². The molecule has 4 aliphatic rings. The fourth-order valence-corrected chi connectivity index (χ4v) is 10.2. The van der Waals surface area contributed by atoms with Crippen molar-refractivity contribution in [2.75, 3.05) is 6.61 Å². The molecule has 7 rings (SSSR count). The van der Waals surface area contributed by atoms with Gasteiger partial charge < -0.3 is 56.6 Å². The number of carbonyl (C=O) groups excluding carboxylic acids is 6. The molecule has 67 heavy (non-hydrogen) atoms. The molecule has 2 saturated carbocycles. The van der Waals surface area contributed by atoms with Gasteiger partial charge in [0.15, 0.2) is 23.6 Å². The van der Waals surface area contributed by atoms with Crippen molar-refractivity contribution in [3.05, 3.63) is 131 Å². The van der Waals surface area contributed by atoms with Crippen LogP contribution < -0.4 is 5.32 Å². The molecule has 3 aromatic carbocycles. The van der Waals surface area contributed by atoms with Crippen LogP contribution in [0.25, 0.3) is 12.3 Å². The Hall–Kier alpha value is -4.55. The summed E-state index contributed by atoms with van der Waals surface area (Å²) in [6, 6.07) is 22.9. The van der Waals surface area contributed by atoms with Crippen LogP contribution in [0.4, 0.5) is 0 Å². The van der Waals surface area contributed by atoms with Crippen LogP contribution in [0.1, 0.15) is 86.7 Å². The van der Waals surface area contributed by atoms with Crippen molar-refractivity contribution in [3.8, 4) is 0 Å². The predicted molar refractivity (Wildman–Crippen MR) is 240 cm³/mol.